The predicted octanol–water partition coefficient (Wildman–Crippen LogP) is 5.91. The van der Waals surface area contributed by atoms with Gasteiger partial charge in [0.2, 0.25) is 0 Å². The third-order valence-corrected chi connectivity index (χ3v) is 8.74. The number of aryl methyl sites for hydroxylation is 1. The highest BCUT2D eigenvalue weighted by Crippen LogP contribution is 2.23. The van der Waals surface area contributed by atoms with Gasteiger partial charge in [0, 0.05) is 56.9 Å². The molecule has 0 N–H and O–H groups in total. The molecule has 40 heavy (non-hydrogen) atoms. The van der Waals surface area contributed by atoms with Crippen molar-refractivity contribution < 1.29 is 9.59 Å². The van der Waals surface area contributed by atoms with E-state index >= 15 is 0 Å². The Kier molecular flexibility index (Phi) is 9.08. The molecule has 2 saturated heterocycles. The fourth-order valence-electron chi connectivity index (χ4n) is 5.91. The molecule has 2 aliphatic rings. The van der Waals surface area contributed by atoms with Crippen LogP contribution in [0.25, 0.3) is 11.1 Å². The molecule has 2 aliphatic heterocycles. The highest BCUT2D eigenvalue weighted by atomic mass is 35.5. The van der Waals surface area contributed by atoms with Crippen LogP contribution in [0.15, 0.2) is 78.9 Å². The molecular weight excluding hydrogens is 520 g/mol. The first-order chi connectivity index (χ1) is 19.4. The largest absolute Gasteiger partial charge is 0.337 e. The molecule has 0 unspecified atom stereocenters. The van der Waals surface area contributed by atoms with E-state index in [1.807, 2.05) is 83.4 Å². The van der Waals surface area contributed by atoms with Crippen molar-refractivity contribution in [1.29, 1.82) is 0 Å². The standard InChI is InChI=1S/C33H39ClN4O2/c1-35(32(39)28-14-12-27(13-15-28)26-8-4-3-5-9-26)31-19-22-38(24-31)33(40)36(2)30-18-21-37(23-30)20-6-7-25-10-16-29(34)17-11-25/h3-5,8-17,30-31H,6-7,18-24H2,1-2H3/t30-,31+/m1/s1. The minimum Gasteiger partial charge on any atom is -0.337 e. The number of rotatable bonds is 8. The third-order valence-electron chi connectivity index (χ3n) is 8.49. The van der Waals surface area contributed by atoms with Crippen molar-refractivity contribution >= 4 is 23.5 Å². The van der Waals surface area contributed by atoms with Crippen LogP contribution in [0.5, 0.6) is 0 Å². The number of likely N-dealkylation sites (tertiary alicyclic amines) is 2. The number of nitrogens with zero attached hydrogens (tertiary/aromatic N) is 4. The van der Waals surface area contributed by atoms with Crippen LogP contribution in [0.2, 0.25) is 5.02 Å². The second-order valence-electron chi connectivity index (χ2n) is 11.1. The number of carbonyl (C=O) groups excluding carboxylic acids is 2. The summed E-state index contributed by atoms with van der Waals surface area (Å²) in [5.41, 5.74) is 4.20. The summed E-state index contributed by atoms with van der Waals surface area (Å²) in [7, 11) is 3.79. The molecule has 2 heterocycles. The summed E-state index contributed by atoms with van der Waals surface area (Å²) < 4.78 is 0. The van der Waals surface area contributed by atoms with Gasteiger partial charge in [-0.25, -0.2) is 4.79 Å². The molecule has 5 rings (SSSR count). The van der Waals surface area contributed by atoms with Gasteiger partial charge >= 0.3 is 6.03 Å². The average Bonchev–Trinajstić information content (AvgIpc) is 3.68. The molecule has 0 aliphatic carbocycles. The van der Waals surface area contributed by atoms with E-state index in [0.29, 0.717) is 18.7 Å². The highest BCUT2D eigenvalue weighted by molar-refractivity contribution is 6.30. The summed E-state index contributed by atoms with van der Waals surface area (Å²) in [4.78, 5) is 34.7. The van der Waals surface area contributed by atoms with Crippen LogP contribution in [-0.2, 0) is 6.42 Å². The second kappa shape index (κ2) is 12.9. The molecule has 6 nitrogen and oxygen atoms in total. The van der Waals surface area contributed by atoms with Crippen molar-refractivity contribution in [3.05, 3.63) is 95.0 Å². The Bertz CT molecular complexity index is 1280. The molecule has 3 aromatic carbocycles. The van der Waals surface area contributed by atoms with E-state index in [1.165, 1.54) is 5.56 Å². The maximum Gasteiger partial charge on any atom is 0.320 e. The van der Waals surface area contributed by atoms with E-state index in [2.05, 4.69) is 29.2 Å². The SMILES string of the molecule is CN(C(=O)c1ccc(-c2ccccc2)cc1)[C@H]1CCN(C(=O)N(C)[C@@H]2CCN(CCCc3ccc(Cl)cc3)C2)C1. The van der Waals surface area contributed by atoms with E-state index < -0.39 is 0 Å². The normalized spacial score (nSPS) is 19.1. The van der Waals surface area contributed by atoms with Gasteiger partial charge in [-0.2, -0.15) is 0 Å². The summed E-state index contributed by atoms with van der Waals surface area (Å²) in [6, 6.07) is 26.4. The molecule has 2 atom stereocenters. The van der Waals surface area contributed by atoms with Gasteiger partial charge in [-0.05, 0) is 73.2 Å². The summed E-state index contributed by atoms with van der Waals surface area (Å²) in [5, 5.41) is 0.773. The van der Waals surface area contributed by atoms with Gasteiger partial charge in [0.1, 0.15) is 0 Å². The zero-order valence-electron chi connectivity index (χ0n) is 23.5. The number of urea groups is 1. The van der Waals surface area contributed by atoms with E-state index in [9.17, 15) is 9.59 Å². The molecule has 7 heteroatoms. The molecular formula is C33H39ClN4O2. The summed E-state index contributed by atoms with van der Waals surface area (Å²) in [5.74, 6) is -0.00250. The van der Waals surface area contributed by atoms with Crippen molar-refractivity contribution in [2.45, 2.75) is 37.8 Å². The van der Waals surface area contributed by atoms with E-state index in [-0.39, 0.29) is 24.0 Å². The lowest BCUT2D eigenvalue weighted by Gasteiger charge is -2.30. The number of benzene rings is 3. The zero-order valence-corrected chi connectivity index (χ0v) is 24.3. The van der Waals surface area contributed by atoms with Crippen LogP contribution in [-0.4, -0.2) is 90.4 Å². The Morgan fingerprint density at radius 3 is 2.17 bits per heavy atom. The Labute approximate surface area is 243 Å². The number of halogens is 1. The molecule has 0 spiro atoms. The molecule has 0 aromatic heterocycles. The molecule has 3 amide bonds. The van der Waals surface area contributed by atoms with Crippen molar-refractivity contribution in [3.8, 4) is 11.1 Å². The van der Waals surface area contributed by atoms with Crippen molar-refractivity contribution in [2.24, 2.45) is 0 Å². The van der Waals surface area contributed by atoms with Crippen LogP contribution in [0, 0.1) is 0 Å². The van der Waals surface area contributed by atoms with Gasteiger partial charge in [-0.1, -0.05) is 66.2 Å². The van der Waals surface area contributed by atoms with Gasteiger partial charge in [-0.3, -0.25) is 4.79 Å². The lowest BCUT2D eigenvalue weighted by atomic mass is 10.0. The molecule has 0 bridgehead atoms. The summed E-state index contributed by atoms with van der Waals surface area (Å²) in [6.07, 6.45) is 3.92. The van der Waals surface area contributed by atoms with Crippen LogP contribution >= 0.6 is 11.6 Å². The third kappa shape index (κ3) is 6.68. The monoisotopic (exact) mass is 558 g/mol. The topological polar surface area (TPSA) is 47.1 Å². The van der Waals surface area contributed by atoms with Crippen LogP contribution in [0.3, 0.4) is 0 Å². The van der Waals surface area contributed by atoms with Gasteiger partial charge in [0.05, 0.1) is 6.04 Å². The molecule has 0 saturated carbocycles. The minimum absolute atomic E-state index is 0.00250. The molecule has 3 aromatic rings. The lowest BCUT2D eigenvalue weighted by Crippen LogP contribution is -2.47. The Morgan fingerprint density at radius 1 is 0.800 bits per heavy atom. The second-order valence-corrected chi connectivity index (χ2v) is 11.6. The quantitative estimate of drug-likeness (QED) is 0.345. The number of amides is 3. The van der Waals surface area contributed by atoms with Gasteiger partial charge < -0.3 is 19.6 Å². The van der Waals surface area contributed by atoms with Gasteiger partial charge in [0.25, 0.3) is 5.91 Å². The smallest absolute Gasteiger partial charge is 0.320 e. The molecule has 2 fully saturated rings. The van der Waals surface area contributed by atoms with Crippen LogP contribution in [0.1, 0.15) is 35.2 Å². The number of hydrogen-bond donors (Lipinski definition) is 0. The lowest BCUT2D eigenvalue weighted by molar-refractivity contribution is 0.0734. The number of hydrogen-bond acceptors (Lipinski definition) is 3. The maximum absolute atomic E-state index is 13.4. The van der Waals surface area contributed by atoms with Gasteiger partial charge in [0.15, 0.2) is 0 Å². The fraction of sp³-hybridized carbons (Fsp3) is 0.394. The van der Waals surface area contributed by atoms with Crippen molar-refractivity contribution in [2.75, 3.05) is 46.8 Å². The molecule has 0 radical (unpaired) electrons. The maximum atomic E-state index is 13.4. The first-order valence-electron chi connectivity index (χ1n) is 14.3. The zero-order chi connectivity index (χ0) is 28.1. The molecule has 210 valence electrons. The van der Waals surface area contributed by atoms with Gasteiger partial charge in [-0.15, -0.1) is 0 Å². The summed E-state index contributed by atoms with van der Waals surface area (Å²) >= 11 is 5.99. The predicted molar refractivity (Wildman–Crippen MR) is 162 cm³/mol. The first kappa shape index (κ1) is 28.2. The van der Waals surface area contributed by atoms with E-state index in [0.717, 1.165) is 61.5 Å². The number of likely N-dealkylation sites (N-methyl/N-ethyl adjacent to an activating group) is 2. The van der Waals surface area contributed by atoms with E-state index in [4.69, 9.17) is 11.6 Å². The van der Waals surface area contributed by atoms with Crippen molar-refractivity contribution in [1.82, 2.24) is 19.6 Å². The Hall–Kier alpha value is -3.35. The Balaban J connectivity index is 1.08. The fourth-order valence-corrected chi connectivity index (χ4v) is 6.03. The van der Waals surface area contributed by atoms with Crippen LogP contribution in [0.4, 0.5) is 4.79 Å². The average molecular weight is 559 g/mol. The van der Waals surface area contributed by atoms with E-state index in [1.54, 1.807) is 0 Å². The number of carbonyl (C=O) groups is 2. The Morgan fingerprint density at radius 2 is 1.45 bits per heavy atom. The first-order valence-corrected chi connectivity index (χ1v) is 14.7. The minimum atomic E-state index is -0.00250. The van der Waals surface area contributed by atoms with Crippen molar-refractivity contribution in [3.63, 3.8) is 0 Å². The summed E-state index contributed by atoms with van der Waals surface area (Å²) in [6.45, 7) is 4.22. The van der Waals surface area contributed by atoms with Crippen LogP contribution < -0.4 is 0 Å². The highest BCUT2D eigenvalue weighted by Gasteiger charge is 2.35.